The van der Waals surface area contributed by atoms with Gasteiger partial charge in [-0.1, -0.05) is 15.9 Å². The molecule has 0 heterocycles. The van der Waals surface area contributed by atoms with E-state index in [1.165, 1.54) is 18.2 Å². The molecule has 3 nitrogen and oxygen atoms in total. The second kappa shape index (κ2) is 6.05. The van der Waals surface area contributed by atoms with Crippen LogP contribution in [-0.2, 0) is 4.79 Å². The van der Waals surface area contributed by atoms with E-state index in [2.05, 4.69) is 15.9 Å². The molecule has 1 aromatic carbocycles. The van der Waals surface area contributed by atoms with Gasteiger partial charge in [-0.25, -0.2) is 4.39 Å². The highest BCUT2D eigenvalue weighted by atomic mass is 79.9. The van der Waals surface area contributed by atoms with Crippen molar-refractivity contribution in [3.05, 3.63) is 34.1 Å². The molecule has 0 aliphatic carbocycles. The minimum Gasteiger partial charge on any atom is -0.481 e. The van der Waals surface area contributed by atoms with Crippen molar-refractivity contribution in [2.75, 3.05) is 0 Å². The number of aliphatic carboxylic acids is 1. The SMILES string of the molecule is Cl.N[C@@H](CC(=O)O)c1cc(F)ccc1Br. The van der Waals surface area contributed by atoms with E-state index in [0.29, 0.717) is 10.0 Å². The molecule has 1 atom stereocenters. The van der Waals surface area contributed by atoms with Crippen LogP contribution in [0.3, 0.4) is 0 Å². The van der Waals surface area contributed by atoms with Gasteiger partial charge in [-0.15, -0.1) is 12.4 Å². The number of halogens is 3. The number of benzene rings is 1. The minimum absolute atomic E-state index is 0. The van der Waals surface area contributed by atoms with Crippen LogP contribution in [0.25, 0.3) is 0 Å². The topological polar surface area (TPSA) is 63.3 Å². The summed E-state index contributed by atoms with van der Waals surface area (Å²) in [6.07, 6.45) is -0.220. The van der Waals surface area contributed by atoms with Gasteiger partial charge in [-0.3, -0.25) is 4.79 Å². The monoisotopic (exact) mass is 297 g/mol. The summed E-state index contributed by atoms with van der Waals surface area (Å²) in [5, 5.41) is 8.52. The Hall–Kier alpha value is -0.650. The molecule has 6 heteroatoms. The molecule has 0 bridgehead atoms. The third kappa shape index (κ3) is 4.15. The molecule has 15 heavy (non-hydrogen) atoms. The first-order valence-corrected chi connectivity index (χ1v) is 4.72. The second-order valence-electron chi connectivity index (χ2n) is 2.87. The summed E-state index contributed by atoms with van der Waals surface area (Å²) >= 11 is 3.18. The van der Waals surface area contributed by atoms with Crippen molar-refractivity contribution in [2.45, 2.75) is 12.5 Å². The molecule has 0 amide bonds. The molecule has 0 saturated carbocycles. The number of carboxylic acid groups (broad SMARTS) is 1. The molecule has 0 radical (unpaired) electrons. The molecule has 0 aliphatic heterocycles. The summed E-state index contributed by atoms with van der Waals surface area (Å²) in [6.45, 7) is 0. The van der Waals surface area contributed by atoms with Gasteiger partial charge in [0.15, 0.2) is 0 Å². The van der Waals surface area contributed by atoms with E-state index >= 15 is 0 Å². The Morgan fingerprint density at radius 1 is 1.60 bits per heavy atom. The molecule has 0 spiro atoms. The molecule has 1 aromatic rings. The van der Waals surface area contributed by atoms with Crippen LogP contribution < -0.4 is 5.73 Å². The number of rotatable bonds is 3. The maximum atomic E-state index is 12.8. The molecular weight excluding hydrogens is 288 g/mol. The molecule has 1 rings (SSSR count). The molecule has 0 aliphatic rings. The smallest absolute Gasteiger partial charge is 0.305 e. The Morgan fingerprint density at radius 2 is 2.20 bits per heavy atom. The van der Waals surface area contributed by atoms with Crippen LogP contribution in [0.15, 0.2) is 22.7 Å². The van der Waals surface area contributed by atoms with E-state index in [1.54, 1.807) is 0 Å². The summed E-state index contributed by atoms with van der Waals surface area (Å²) in [7, 11) is 0. The Kier molecular flexibility index (Phi) is 5.79. The zero-order valence-electron chi connectivity index (χ0n) is 7.61. The first-order valence-electron chi connectivity index (χ1n) is 3.93. The zero-order chi connectivity index (χ0) is 10.7. The molecule has 0 aromatic heterocycles. The van der Waals surface area contributed by atoms with Gasteiger partial charge in [0.1, 0.15) is 5.82 Å². The Balaban J connectivity index is 0.00000196. The largest absolute Gasteiger partial charge is 0.481 e. The minimum atomic E-state index is -1.01. The lowest BCUT2D eigenvalue weighted by Gasteiger charge is -2.11. The van der Waals surface area contributed by atoms with Gasteiger partial charge < -0.3 is 10.8 Å². The van der Waals surface area contributed by atoms with E-state index in [9.17, 15) is 9.18 Å². The fourth-order valence-electron chi connectivity index (χ4n) is 1.10. The van der Waals surface area contributed by atoms with Crippen LogP contribution in [0.5, 0.6) is 0 Å². The third-order valence-electron chi connectivity index (χ3n) is 1.75. The third-order valence-corrected chi connectivity index (χ3v) is 2.47. The second-order valence-corrected chi connectivity index (χ2v) is 3.72. The average Bonchev–Trinajstić information content (AvgIpc) is 2.08. The normalized spacial score (nSPS) is 11.7. The Morgan fingerprint density at radius 3 is 2.73 bits per heavy atom. The fourth-order valence-corrected chi connectivity index (χ4v) is 1.64. The van der Waals surface area contributed by atoms with Gasteiger partial charge in [0.2, 0.25) is 0 Å². The lowest BCUT2D eigenvalue weighted by atomic mass is 10.1. The fraction of sp³-hybridized carbons (Fsp3) is 0.222. The summed E-state index contributed by atoms with van der Waals surface area (Å²) in [5.74, 6) is -1.43. The van der Waals surface area contributed by atoms with Gasteiger partial charge in [-0.2, -0.15) is 0 Å². The van der Waals surface area contributed by atoms with Crippen molar-refractivity contribution in [3.63, 3.8) is 0 Å². The van der Waals surface area contributed by atoms with Crippen LogP contribution in [0.4, 0.5) is 4.39 Å². The van der Waals surface area contributed by atoms with E-state index in [1.807, 2.05) is 0 Å². The van der Waals surface area contributed by atoms with Gasteiger partial charge in [-0.05, 0) is 23.8 Å². The summed E-state index contributed by atoms with van der Waals surface area (Å²) in [4.78, 5) is 10.4. The number of hydrogen-bond donors (Lipinski definition) is 2. The number of hydrogen-bond acceptors (Lipinski definition) is 2. The van der Waals surface area contributed by atoms with E-state index in [-0.39, 0.29) is 18.8 Å². The highest BCUT2D eigenvalue weighted by molar-refractivity contribution is 9.10. The van der Waals surface area contributed by atoms with Crippen molar-refractivity contribution in [1.29, 1.82) is 0 Å². The van der Waals surface area contributed by atoms with Crippen LogP contribution in [0.1, 0.15) is 18.0 Å². The summed E-state index contributed by atoms with van der Waals surface area (Å²) in [5.41, 5.74) is 6.05. The van der Waals surface area contributed by atoms with Crippen molar-refractivity contribution >= 4 is 34.3 Å². The predicted molar refractivity (Wildman–Crippen MR) is 60.5 cm³/mol. The van der Waals surface area contributed by atoms with E-state index < -0.39 is 17.8 Å². The lowest BCUT2D eigenvalue weighted by molar-refractivity contribution is -0.137. The van der Waals surface area contributed by atoms with Crippen molar-refractivity contribution in [2.24, 2.45) is 5.73 Å². The molecule has 0 fully saturated rings. The number of carboxylic acids is 1. The first kappa shape index (κ1) is 14.3. The average molecular weight is 299 g/mol. The van der Waals surface area contributed by atoms with Gasteiger partial charge >= 0.3 is 5.97 Å². The lowest BCUT2D eigenvalue weighted by Crippen LogP contribution is -2.15. The zero-order valence-corrected chi connectivity index (χ0v) is 10.0. The molecule has 0 unspecified atom stereocenters. The quantitative estimate of drug-likeness (QED) is 0.901. The van der Waals surface area contributed by atoms with Crippen LogP contribution >= 0.6 is 28.3 Å². The molecule has 84 valence electrons. The standard InChI is InChI=1S/C9H9BrFNO2.ClH/c10-7-2-1-5(11)3-6(7)8(12)4-9(13)14;/h1-3,8H,4,12H2,(H,13,14);1H/t8-;/m0./s1. The van der Waals surface area contributed by atoms with Crippen LogP contribution in [-0.4, -0.2) is 11.1 Å². The molecule has 3 N–H and O–H groups in total. The number of nitrogens with two attached hydrogens (primary N) is 1. The maximum Gasteiger partial charge on any atom is 0.305 e. The Labute approximate surface area is 101 Å². The number of carbonyl (C=O) groups is 1. The first-order chi connectivity index (χ1) is 6.50. The van der Waals surface area contributed by atoms with Crippen molar-refractivity contribution < 1.29 is 14.3 Å². The van der Waals surface area contributed by atoms with Crippen molar-refractivity contribution in [1.82, 2.24) is 0 Å². The van der Waals surface area contributed by atoms with E-state index in [0.717, 1.165) is 0 Å². The van der Waals surface area contributed by atoms with Crippen LogP contribution in [0.2, 0.25) is 0 Å². The predicted octanol–water partition coefficient (Wildman–Crippen LogP) is 2.48. The summed E-state index contributed by atoms with van der Waals surface area (Å²) < 4.78 is 13.4. The van der Waals surface area contributed by atoms with Gasteiger partial charge in [0.05, 0.1) is 6.42 Å². The highest BCUT2D eigenvalue weighted by Crippen LogP contribution is 2.24. The highest BCUT2D eigenvalue weighted by Gasteiger charge is 2.14. The van der Waals surface area contributed by atoms with Gasteiger partial charge in [0.25, 0.3) is 0 Å². The molecule has 0 saturated heterocycles. The summed E-state index contributed by atoms with van der Waals surface area (Å²) in [6, 6.07) is 3.32. The molecular formula is C9H10BrClFNO2. The van der Waals surface area contributed by atoms with E-state index in [4.69, 9.17) is 10.8 Å². The Bertz CT molecular complexity index is 362. The maximum absolute atomic E-state index is 12.8. The van der Waals surface area contributed by atoms with Gasteiger partial charge in [0, 0.05) is 10.5 Å². The van der Waals surface area contributed by atoms with Crippen molar-refractivity contribution in [3.8, 4) is 0 Å². The van der Waals surface area contributed by atoms with Crippen LogP contribution in [0, 0.1) is 5.82 Å².